The van der Waals surface area contributed by atoms with Gasteiger partial charge in [-0.3, -0.25) is 9.78 Å². The normalized spacial score (nSPS) is 22.9. The number of halogens is 5. The van der Waals surface area contributed by atoms with Crippen LogP contribution < -0.4 is 15.4 Å². The molecule has 3 aromatic rings. The number of nitrogens with one attached hydrogen (secondary N) is 2. The van der Waals surface area contributed by atoms with Gasteiger partial charge in [-0.25, -0.2) is 4.79 Å². The van der Waals surface area contributed by atoms with Crippen LogP contribution in [0.3, 0.4) is 0 Å². The number of benzene rings is 2. The number of pyridine rings is 1. The zero-order valence-electron chi connectivity index (χ0n) is 22.2. The summed E-state index contributed by atoms with van der Waals surface area (Å²) in [6, 6.07) is 15.9. The first kappa shape index (κ1) is 29.6. The van der Waals surface area contributed by atoms with Gasteiger partial charge in [0.2, 0.25) is 0 Å². The largest absolute Gasteiger partial charge is 0.481 e. The van der Waals surface area contributed by atoms with E-state index in [0.29, 0.717) is 11.4 Å². The van der Waals surface area contributed by atoms with Gasteiger partial charge < -0.3 is 20.5 Å². The average Bonchev–Trinajstić information content (AvgIpc) is 3.55. The number of hydrogen-bond acceptors (Lipinski definition) is 4. The fraction of sp³-hybridized carbons (Fsp3) is 0.367. The first-order valence-electron chi connectivity index (χ1n) is 13.4. The standard InChI is InChI=1S/C30H28ClF4N3O4/c31-21-11-12-23(36-16-21)29(15-17-5-2-1-3-6-17,20-7-4-8-22(14-20)42-30(34,35)27(32)33)38-28(41)37-25-19-10-9-18(13-19)24(25)26(39)40/h1-8,11-12,14,16,18-19,24-25,27H,9-10,13,15H2,(H,39,40)(H2,37,38,41)/t18-,19+,24-,25+,29-/m0/s1. The summed E-state index contributed by atoms with van der Waals surface area (Å²) < 4.78 is 58.0. The highest BCUT2D eigenvalue weighted by molar-refractivity contribution is 6.30. The summed E-state index contributed by atoms with van der Waals surface area (Å²) in [6.07, 6.45) is -5.12. The van der Waals surface area contributed by atoms with Crippen LogP contribution >= 0.6 is 11.6 Å². The van der Waals surface area contributed by atoms with E-state index < -0.39 is 47.8 Å². The second kappa shape index (κ2) is 11.8. The summed E-state index contributed by atoms with van der Waals surface area (Å²) in [4.78, 5) is 30.3. The summed E-state index contributed by atoms with van der Waals surface area (Å²) in [6.45, 7) is 0. The summed E-state index contributed by atoms with van der Waals surface area (Å²) in [5.74, 6) is -2.29. The van der Waals surface area contributed by atoms with E-state index >= 15 is 0 Å². The second-order valence-electron chi connectivity index (χ2n) is 10.7. The molecule has 0 aliphatic heterocycles. The van der Waals surface area contributed by atoms with Crippen molar-refractivity contribution in [1.29, 1.82) is 0 Å². The van der Waals surface area contributed by atoms with Crippen LogP contribution in [0.2, 0.25) is 5.02 Å². The Bertz CT molecular complexity index is 1430. The molecule has 42 heavy (non-hydrogen) atoms. The Morgan fingerprint density at radius 2 is 1.79 bits per heavy atom. The van der Waals surface area contributed by atoms with Crippen molar-refractivity contribution in [2.75, 3.05) is 0 Å². The highest BCUT2D eigenvalue weighted by Gasteiger charge is 2.52. The average molecular weight is 606 g/mol. The van der Waals surface area contributed by atoms with Crippen molar-refractivity contribution in [3.63, 3.8) is 0 Å². The quantitative estimate of drug-likeness (QED) is 0.237. The smallest absolute Gasteiger partial charge is 0.461 e. The molecular weight excluding hydrogens is 578 g/mol. The van der Waals surface area contributed by atoms with E-state index in [0.717, 1.165) is 30.5 Å². The molecular formula is C30H28ClF4N3O4. The topological polar surface area (TPSA) is 101 Å². The molecule has 2 bridgehead atoms. The minimum absolute atomic E-state index is 0.00679. The number of ether oxygens (including phenoxy) is 1. The first-order valence-corrected chi connectivity index (χ1v) is 13.8. The van der Waals surface area contributed by atoms with Gasteiger partial charge in [-0.15, -0.1) is 0 Å². The van der Waals surface area contributed by atoms with E-state index in [1.54, 1.807) is 42.5 Å². The maximum absolute atomic E-state index is 13.9. The highest BCUT2D eigenvalue weighted by atomic mass is 35.5. The number of aliphatic carboxylic acids is 1. The molecule has 2 amide bonds. The monoisotopic (exact) mass is 605 g/mol. The number of rotatable bonds is 10. The molecule has 0 unspecified atom stereocenters. The van der Waals surface area contributed by atoms with Crippen LogP contribution in [-0.2, 0) is 16.8 Å². The van der Waals surface area contributed by atoms with Gasteiger partial charge in [-0.05, 0) is 66.5 Å². The molecule has 5 rings (SSSR count). The molecule has 0 radical (unpaired) electrons. The molecule has 0 saturated heterocycles. The van der Waals surface area contributed by atoms with E-state index in [-0.39, 0.29) is 29.5 Å². The molecule has 2 saturated carbocycles. The number of carboxylic acid groups (broad SMARTS) is 1. The maximum Gasteiger partial charge on any atom is 0.461 e. The molecule has 1 aromatic heterocycles. The number of hydrogen-bond donors (Lipinski definition) is 3. The van der Waals surface area contributed by atoms with Crippen molar-refractivity contribution in [1.82, 2.24) is 15.6 Å². The minimum Gasteiger partial charge on any atom is -0.481 e. The van der Waals surface area contributed by atoms with Gasteiger partial charge in [0.15, 0.2) is 0 Å². The molecule has 7 nitrogen and oxygen atoms in total. The number of aromatic nitrogens is 1. The third kappa shape index (κ3) is 6.01. The van der Waals surface area contributed by atoms with Crippen LogP contribution in [0.25, 0.3) is 0 Å². The molecule has 0 spiro atoms. The summed E-state index contributed by atoms with van der Waals surface area (Å²) in [7, 11) is 0. The zero-order chi connectivity index (χ0) is 30.1. The van der Waals surface area contributed by atoms with Gasteiger partial charge in [-0.2, -0.15) is 17.6 Å². The molecule has 12 heteroatoms. The van der Waals surface area contributed by atoms with Crippen molar-refractivity contribution in [3.05, 3.63) is 94.8 Å². The number of fused-ring (bicyclic) bond motifs is 2. The van der Waals surface area contributed by atoms with Crippen LogP contribution in [-0.4, -0.2) is 40.7 Å². The van der Waals surface area contributed by atoms with E-state index in [1.807, 2.05) is 0 Å². The Kier molecular flexibility index (Phi) is 8.32. The predicted octanol–water partition coefficient (Wildman–Crippen LogP) is 6.26. The summed E-state index contributed by atoms with van der Waals surface area (Å²) in [5.41, 5.74) is -0.346. The molecule has 2 aromatic carbocycles. The highest BCUT2D eigenvalue weighted by Crippen LogP contribution is 2.48. The third-order valence-corrected chi connectivity index (χ3v) is 8.36. The second-order valence-corrected chi connectivity index (χ2v) is 11.2. The van der Waals surface area contributed by atoms with Crippen molar-refractivity contribution < 1.29 is 37.0 Å². The molecule has 2 aliphatic rings. The number of urea groups is 1. The summed E-state index contributed by atoms with van der Waals surface area (Å²) in [5, 5.41) is 16.0. The van der Waals surface area contributed by atoms with Crippen LogP contribution in [0.1, 0.15) is 36.1 Å². The van der Waals surface area contributed by atoms with Crippen molar-refractivity contribution in [2.45, 2.75) is 49.8 Å². The van der Waals surface area contributed by atoms with Crippen molar-refractivity contribution >= 4 is 23.6 Å². The number of nitrogens with zero attached hydrogens (tertiary/aromatic N) is 1. The Morgan fingerprint density at radius 3 is 2.45 bits per heavy atom. The zero-order valence-corrected chi connectivity index (χ0v) is 22.9. The molecule has 2 fully saturated rings. The maximum atomic E-state index is 13.9. The van der Waals surface area contributed by atoms with Crippen LogP contribution in [0.5, 0.6) is 5.75 Å². The summed E-state index contributed by atoms with van der Waals surface area (Å²) >= 11 is 6.10. The Balaban J connectivity index is 1.58. The predicted molar refractivity (Wildman–Crippen MR) is 146 cm³/mol. The van der Waals surface area contributed by atoms with E-state index in [9.17, 15) is 32.3 Å². The van der Waals surface area contributed by atoms with E-state index in [1.165, 1.54) is 18.3 Å². The Morgan fingerprint density at radius 1 is 1.05 bits per heavy atom. The number of alkyl halides is 4. The van der Waals surface area contributed by atoms with E-state index in [4.69, 9.17) is 11.6 Å². The lowest BCUT2D eigenvalue weighted by molar-refractivity contribution is -0.253. The molecule has 2 aliphatic carbocycles. The van der Waals surface area contributed by atoms with Gasteiger partial charge in [0.1, 0.15) is 11.3 Å². The number of carboxylic acids is 1. The first-order chi connectivity index (χ1) is 20.0. The lowest BCUT2D eigenvalue weighted by Crippen LogP contribution is -2.57. The van der Waals surface area contributed by atoms with Gasteiger partial charge >= 0.3 is 24.5 Å². The van der Waals surface area contributed by atoms with Crippen molar-refractivity contribution in [2.24, 2.45) is 17.8 Å². The fourth-order valence-electron chi connectivity index (χ4n) is 6.31. The number of carbonyl (C=O) groups is 2. The van der Waals surface area contributed by atoms with Crippen molar-refractivity contribution in [3.8, 4) is 5.75 Å². The SMILES string of the molecule is O=C(N[C@@H]1[C@@H]2CC[C@@H](C2)[C@@H]1C(=O)O)N[C@@](Cc1ccccc1)(c1cccc(OC(F)(F)C(F)F)c1)c1ccc(Cl)cn1. The van der Waals surface area contributed by atoms with Crippen LogP contribution in [0, 0.1) is 17.8 Å². The number of amides is 2. The number of carbonyl (C=O) groups excluding carboxylic acids is 1. The van der Waals surface area contributed by atoms with E-state index in [2.05, 4.69) is 20.4 Å². The van der Waals surface area contributed by atoms with Gasteiger partial charge in [-0.1, -0.05) is 54.1 Å². The van der Waals surface area contributed by atoms with Crippen LogP contribution in [0.4, 0.5) is 22.4 Å². The molecule has 222 valence electrons. The Hall–Kier alpha value is -3.86. The molecule has 3 N–H and O–H groups in total. The van der Waals surface area contributed by atoms with Gasteiger partial charge in [0, 0.05) is 18.7 Å². The lowest BCUT2D eigenvalue weighted by atomic mass is 9.80. The van der Waals surface area contributed by atoms with Gasteiger partial charge in [0.05, 0.1) is 16.6 Å². The Labute approximate surface area is 244 Å². The van der Waals surface area contributed by atoms with Crippen LogP contribution in [0.15, 0.2) is 72.9 Å². The minimum atomic E-state index is -4.75. The molecule has 1 heterocycles. The lowest BCUT2D eigenvalue weighted by Gasteiger charge is -2.37. The molecule has 5 atom stereocenters. The third-order valence-electron chi connectivity index (χ3n) is 8.14. The fourth-order valence-corrected chi connectivity index (χ4v) is 6.43. The van der Waals surface area contributed by atoms with Gasteiger partial charge in [0.25, 0.3) is 0 Å².